The van der Waals surface area contributed by atoms with E-state index in [2.05, 4.69) is 4.98 Å². The lowest BCUT2D eigenvalue weighted by Crippen LogP contribution is -2.44. The fourth-order valence-corrected chi connectivity index (χ4v) is 1.32. The lowest BCUT2D eigenvalue weighted by atomic mass is 10.2. The van der Waals surface area contributed by atoms with E-state index in [9.17, 15) is 4.79 Å². The zero-order chi connectivity index (χ0) is 12.0. The number of amides is 1. The van der Waals surface area contributed by atoms with Crippen molar-refractivity contribution in [3.05, 3.63) is 30.1 Å². The van der Waals surface area contributed by atoms with Crippen molar-refractivity contribution in [3.8, 4) is 0 Å². The van der Waals surface area contributed by atoms with Crippen LogP contribution < -0.4 is 5.73 Å². The molecule has 0 bridgehead atoms. The normalized spacial score (nSPS) is 12.2. The van der Waals surface area contributed by atoms with Crippen LogP contribution in [0.5, 0.6) is 0 Å². The highest BCUT2D eigenvalue weighted by Crippen LogP contribution is 1.99. The minimum absolute atomic E-state index is 0.239. The Morgan fingerprint density at radius 1 is 1.56 bits per heavy atom. The average Bonchev–Trinajstić information content (AvgIpc) is 2.35. The van der Waals surface area contributed by atoms with Crippen LogP contribution in [0.3, 0.4) is 0 Å². The molecule has 1 aromatic rings. The van der Waals surface area contributed by atoms with Crippen molar-refractivity contribution in [2.75, 3.05) is 20.2 Å². The molecular weight excluding hydrogens is 206 g/mol. The van der Waals surface area contributed by atoms with Crippen LogP contribution in [-0.4, -0.2) is 47.1 Å². The molecule has 0 aliphatic rings. The summed E-state index contributed by atoms with van der Waals surface area (Å²) >= 11 is 0. The van der Waals surface area contributed by atoms with Gasteiger partial charge in [-0.2, -0.15) is 0 Å². The second kappa shape index (κ2) is 6.19. The fourth-order valence-electron chi connectivity index (χ4n) is 1.32. The molecule has 5 nitrogen and oxygen atoms in total. The highest BCUT2D eigenvalue weighted by atomic mass is 16.3. The number of aliphatic hydroxyl groups excluding tert-OH is 1. The van der Waals surface area contributed by atoms with Crippen molar-refractivity contribution in [1.82, 2.24) is 9.88 Å². The number of carbonyl (C=O) groups excluding carboxylic acids is 1. The molecule has 0 aliphatic carbocycles. The van der Waals surface area contributed by atoms with Crippen molar-refractivity contribution in [1.29, 1.82) is 0 Å². The summed E-state index contributed by atoms with van der Waals surface area (Å²) in [5, 5.41) is 8.76. The van der Waals surface area contributed by atoms with Crippen LogP contribution in [0.4, 0.5) is 0 Å². The van der Waals surface area contributed by atoms with Crippen LogP contribution >= 0.6 is 0 Å². The minimum Gasteiger partial charge on any atom is -0.394 e. The summed E-state index contributed by atoms with van der Waals surface area (Å²) in [5.74, 6) is -0.239. The number of nitrogens with two attached hydrogens (primary N) is 1. The van der Waals surface area contributed by atoms with E-state index in [4.69, 9.17) is 10.8 Å². The van der Waals surface area contributed by atoms with Crippen LogP contribution in [0.15, 0.2) is 24.5 Å². The van der Waals surface area contributed by atoms with Gasteiger partial charge in [0.15, 0.2) is 0 Å². The van der Waals surface area contributed by atoms with Gasteiger partial charge in [0.05, 0.1) is 6.61 Å². The monoisotopic (exact) mass is 223 g/mol. The number of hydrogen-bond donors (Lipinski definition) is 2. The van der Waals surface area contributed by atoms with Gasteiger partial charge in [-0.05, 0) is 24.1 Å². The highest BCUT2D eigenvalue weighted by molar-refractivity contribution is 5.81. The van der Waals surface area contributed by atoms with Crippen molar-refractivity contribution >= 4 is 5.91 Å². The Morgan fingerprint density at radius 3 is 2.75 bits per heavy atom. The van der Waals surface area contributed by atoms with Gasteiger partial charge in [-0.15, -0.1) is 0 Å². The van der Waals surface area contributed by atoms with Gasteiger partial charge < -0.3 is 15.7 Å². The van der Waals surface area contributed by atoms with E-state index in [0.717, 1.165) is 12.0 Å². The van der Waals surface area contributed by atoms with Crippen LogP contribution in [0.25, 0.3) is 0 Å². The van der Waals surface area contributed by atoms with E-state index in [0.29, 0.717) is 6.54 Å². The first-order chi connectivity index (χ1) is 7.65. The summed E-state index contributed by atoms with van der Waals surface area (Å²) in [7, 11) is 1.68. The van der Waals surface area contributed by atoms with Crippen molar-refractivity contribution < 1.29 is 9.90 Å². The predicted octanol–water partition coefficient (Wildman–Crippen LogP) is -0.598. The first-order valence-electron chi connectivity index (χ1n) is 5.15. The second-order valence-corrected chi connectivity index (χ2v) is 3.65. The Labute approximate surface area is 94.9 Å². The van der Waals surface area contributed by atoms with Crippen molar-refractivity contribution in [2.24, 2.45) is 5.73 Å². The topological polar surface area (TPSA) is 79.5 Å². The smallest absolute Gasteiger partial charge is 0.241 e. The zero-order valence-electron chi connectivity index (χ0n) is 9.34. The van der Waals surface area contributed by atoms with E-state index < -0.39 is 6.04 Å². The Hall–Kier alpha value is -1.46. The molecule has 16 heavy (non-hydrogen) atoms. The van der Waals surface area contributed by atoms with Gasteiger partial charge >= 0.3 is 0 Å². The maximum atomic E-state index is 11.5. The third kappa shape index (κ3) is 3.60. The highest BCUT2D eigenvalue weighted by Gasteiger charge is 2.16. The largest absolute Gasteiger partial charge is 0.394 e. The SMILES string of the molecule is CN(CCc1ccncc1)C(=O)C(N)CO. The van der Waals surface area contributed by atoms with E-state index >= 15 is 0 Å². The summed E-state index contributed by atoms with van der Waals surface area (Å²) < 4.78 is 0. The third-order valence-corrected chi connectivity index (χ3v) is 2.38. The molecule has 3 N–H and O–H groups in total. The molecule has 1 aromatic heterocycles. The zero-order valence-corrected chi connectivity index (χ0v) is 9.34. The number of hydrogen-bond acceptors (Lipinski definition) is 4. The summed E-state index contributed by atoms with van der Waals surface area (Å²) in [4.78, 5) is 17.0. The molecule has 1 heterocycles. The maximum Gasteiger partial charge on any atom is 0.241 e. The Bertz CT molecular complexity index is 329. The fraction of sp³-hybridized carbons (Fsp3) is 0.455. The average molecular weight is 223 g/mol. The number of nitrogens with zero attached hydrogens (tertiary/aromatic N) is 2. The first-order valence-corrected chi connectivity index (χ1v) is 5.15. The number of rotatable bonds is 5. The lowest BCUT2D eigenvalue weighted by molar-refractivity contribution is -0.132. The maximum absolute atomic E-state index is 11.5. The molecule has 0 radical (unpaired) electrons. The van der Waals surface area contributed by atoms with Gasteiger partial charge in [-0.1, -0.05) is 0 Å². The van der Waals surface area contributed by atoms with Crippen LogP contribution in [0.2, 0.25) is 0 Å². The van der Waals surface area contributed by atoms with Gasteiger partial charge in [0.2, 0.25) is 5.91 Å². The summed E-state index contributed by atoms with van der Waals surface area (Å²) in [5.41, 5.74) is 6.55. The first kappa shape index (κ1) is 12.6. The summed E-state index contributed by atoms with van der Waals surface area (Å²) in [6, 6.07) is 3.00. The molecule has 0 aliphatic heterocycles. The molecule has 0 spiro atoms. The Balaban J connectivity index is 2.41. The molecule has 0 aromatic carbocycles. The van der Waals surface area contributed by atoms with Gasteiger partial charge in [-0.3, -0.25) is 9.78 Å². The lowest BCUT2D eigenvalue weighted by Gasteiger charge is -2.20. The third-order valence-electron chi connectivity index (χ3n) is 2.38. The van der Waals surface area contributed by atoms with Crippen molar-refractivity contribution in [2.45, 2.75) is 12.5 Å². The van der Waals surface area contributed by atoms with E-state index in [-0.39, 0.29) is 12.5 Å². The molecule has 0 saturated heterocycles. The number of aliphatic hydroxyl groups is 1. The molecule has 1 amide bonds. The Morgan fingerprint density at radius 2 is 2.19 bits per heavy atom. The molecule has 1 atom stereocenters. The minimum atomic E-state index is -0.817. The number of aromatic nitrogens is 1. The summed E-state index contributed by atoms with van der Waals surface area (Å²) in [6.07, 6.45) is 4.19. The van der Waals surface area contributed by atoms with Crippen LogP contribution in [0, 0.1) is 0 Å². The molecule has 0 fully saturated rings. The van der Waals surface area contributed by atoms with Gasteiger partial charge in [0.25, 0.3) is 0 Å². The Kier molecular flexibility index (Phi) is 4.88. The molecule has 5 heteroatoms. The molecule has 0 saturated carbocycles. The number of likely N-dealkylation sites (N-methyl/N-ethyl adjacent to an activating group) is 1. The van der Waals surface area contributed by atoms with E-state index in [1.54, 1.807) is 19.4 Å². The summed E-state index contributed by atoms with van der Waals surface area (Å²) in [6.45, 7) is 0.259. The van der Waals surface area contributed by atoms with E-state index in [1.807, 2.05) is 12.1 Å². The molecule has 1 unspecified atom stereocenters. The predicted molar refractivity (Wildman–Crippen MR) is 60.6 cm³/mol. The number of pyridine rings is 1. The van der Waals surface area contributed by atoms with Crippen molar-refractivity contribution in [3.63, 3.8) is 0 Å². The molecule has 1 rings (SSSR count). The van der Waals surface area contributed by atoms with Gasteiger partial charge in [0, 0.05) is 26.0 Å². The molecule has 88 valence electrons. The standard InChI is InChI=1S/C11H17N3O2/c1-14(11(16)10(12)8-15)7-4-9-2-5-13-6-3-9/h2-3,5-6,10,15H,4,7-8,12H2,1H3. The quantitative estimate of drug-likeness (QED) is 0.698. The van der Waals surface area contributed by atoms with Gasteiger partial charge in [0.1, 0.15) is 6.04 Å². The van der Waals surface area contributed by atoms with Crippen LogP contribution in [0.1, 0.15) is 5.56 Å². The van der Waals surface area contributed by atoms with Gasteiger partial charge in [-0.25, -0.2) is 0 Å². The second-order valence-electron chi connectivity index (χ2n) is 3.65. The number of carbonyl (C=O) groups is 1. The molecular formula is C11H17N3O2. The van der Waals surface area contributed by atoms with E-state index in [1.165, 1.54) is 4.90 Å². The van der Waals surface area contributed by atoms with Crippen LogP contribution in [-0.2, 0) is 11.2 Å².